The van der Waals surface area contributed by atoms with Gasteiger partial charge in [-0.25, -0.2) is 0 Å². The van der Waals surface area contributed by atoms with Crippen LogP contribution in [0.15, 0.2) is 45.6 Å². The third-order valence-corrected chi connectivity index (χ3v) is 4.90. The van der Waals surface area contributed by atoms with Gasteiger partial charge >= 0.3 is 0 Å². The van der Waals surface area contributed by atoms with Gasteiger partial charge in [0.05, 0.1) is 6.54 Å². The lowest BCUT2D eigenvalue weighted by atomic mass is 9.97. The van der Waals surface area contributed by atoms with Crippen LogP contribution in [0, 0.1) is 0 Å². The predicted molar refractivity (Wildman–Crippen MR) is 88.0 cm³/mol. The number of nitrogens with zero attached hydrogens (tertiary/aromatic N) is 3. The number of aryl methyl sites for hydroxylation is 1. The molecular weight excluding hydrogens is 294 g/mol. The number of hydrogen-bond donors (Lipinski definition) is 0. The number of anilines is 1. The molecule has 0 unspecified atom stereocenters. The molecule has 0 fully saturated rings. The van der Waals surface area contributed by atoms with Crippen LogP contribution in [0.3, 0.4) is 0 Å². The van der Waals surface area contributed by atoms with Gasteiger partial charge in [0, 0.05) is 22.7 Å². The van der Waals surface area contributed by atoms with E-state index in [0.29, 0.717) is 24.3 Å². The summed E-state index contributed by atoms with van der Waals surface area (Å²) >= 11 is 1.64. The van der Waals surface area contributed by atoms with E-state index in [0.717, 1.165) is 18.4 Å². The third kappa shape index (κ3) is 2.41. The normalized spacial score (nSPS) is 17.5. The molecule has 0 saturated heterocycles. The van der Waals surface area contributed by atoms with E-state index in [1.165, 1.54) is 11.3 Å². The van der Waals surface area contributed by atoms with Gasteiger partial charge in [-0.05, 0) is 42.8 Å². The molecule has 2 aromatic heterocycles. The quantitative estimate of drug-likeness (QED) is 0.729. The van der Waals surface area contributed by atoms with Crippen molar-refractivity contribution in [2.24, 2.45) is 0 Å². The molecule has 1 atom stereocenters. The highest BCUT2D eigenvalue weighted by Crippen LogP contribution is 2.31. The number of rotatable bonds is 3. The van der Waals surface area contributed by atoms with Gasteiger partial charge in [0.2, 0.25) is 11.7 Å². The van der Waals surface area contributed by atoms with E-state index < -0.39 is 0 Å². The fourth-order valence-electron chi connectivity index (χ4n) is 2.97. The minimum Gasteiger partial charge on any atom is -0.359 e. The van der Waals surface area contributed by atoms with Crippen molar-refractivity contribution < 1.29 is 4.52 Å². The minimum absolute atomic E-state index is 0.478. The van der Waals surface area contributed by atoms with E-state index >= 15 is 0 Å². The molecule has 1 aliphatic rings. The van der Waals surface area contributed by atoms with E-state index in [2.05, 4.69) is 46.2 Å². The first-order valence-electron chi connectivity index (χ1n) is 7.51. The molecule has 0 spiro atoms. The van der Waals surface area contributed by atoms with Crippen molar-refractivity contribution in [1.29, 1.82) is 0 Å². The summed E-state index contributed by atoms with van der Waals surface area (Å²) in [5.74, 6) is 1.35. The van der Waals surface area contributed by atoms with Gasteiger partial charge in [-0.15, -0.1) is 0 Å². The van der Waals surface area contributed by atoms with Crippen molar-refractivity contribution in [1.82, 2.24) is 10.1 Å². The maximum Gasteiger partial charge on any atom is 0.246 e. The second-order valence-electron chi connectivity index (χ2n) is 5.67. The van der Waals surface area contributed by atoms with E-state index in [9.17, 15) is 0 Å². The Balaban J connectivity index is 1.61. The van der Waals surface area contributed by atoms with Gasteiger partial charge in [-0.3, -0.25) is 0 Å². The molecule has 22 heavy (non-hydrogen) atoms. The van der Waals surface area contributed by atoms with Gasteiger partial charge in [0.15, 0.2) is 0 Å². The number of benzene rings is 1. The molecule has 0 bridgehead atoms. The van der Waals surface area contributed by atoms with Crippen LogP contribution in [0.2, 0.25) is 0 Å². The number of aromatic nitrogens is 2. The standard InChI is InChI=1S/C17H17N3OS/c1-12-6-7-13-4-2-3-5-15(13)20(12)10-16-18-17(19-21-16)14-8-9-22-11-14/h2-5,8-9,11-12H,6-7,10H2,1H3/t12-/m0/s1. The number of fused-ring (bicyclic) bond motifs is 1. The van der Waals surface area contributed by atoms with Gasteiger partial charge < -0.3 is 9.42 Å². The SMILES string of the molecule is C[C@H]1CCc2ccccc2N1Cc1nc(-c2ccsc2)no1. The first kappa shape index (κ1) is 13.5. The van der Waals surface area contributed by atoms with Crippen LogP contribution in [0.5, 0.6) is 0 Å². The van der Waals surface area contributed by atoms with Crippen LogP contribution >= 0.6 is 11.3 Å². The molecule has 4 nitrogen and oxygen atoms in total. The predicted octanol–water partition coefficient (Wildman–Crippen LogP) is 4.14. The molecule has 5 heteroatoms. The summed E-state index contributed by atoms with van der Waals surface area (Å²) in [5.41, 5.74) is 3.71. The first-order valence-corrected chi connectivity index (χ1v) is 8.45. The summed E-state index contributed by atoms with van der Waals surface area (Å²) in [7, 11) is 0. The Labute approximate surface area is 133 Å². The van der Waals surface area contributed by atoms with Gasteiger partial charge in [0.1, 0.15) is 0 Å². The zero-order valence-electron chi connectivity index (χ0n) is 12.4. The maximum absolute atomic E-state index is 5.46. The summed E-state index contributed by atoms with van der Waals surface area (Å²) in [4.78, 5) is 6.91. The fraction of sp³-hybridized carbons (Fsp3) is 0.294. The van der Waals surface area contributed by atoms with E-state index in [-0.39, 0.29) is 0 Å². The molecule has 0 amide bonds. The monoisotopic (exact) mass is 311 g/mol. The third-order valence-electron chi connectivity index (χ3n) is 4.22. The molecule has 0 saturated carbocycles. The highest BCUT2D eigenvalue weighted by Gasteiger charge is 2.24. The summed E-state index contributed by atoms with van der Waals surface area (Å²) in [6.07, 6.45) is 2.29. The zero-order chi connectivity index (χ0) is 14.9. The van der Waals surface area contributed by atoms with E-state index in [1.54, 1.807) is 11.3 Å². The van der Waals surface area contributed by atoms with Crippen LogP contribution in [0.4, 0.5) is 5.69 Å². The molecule has 3 heterocycles. The topological polar surface area (TPSA) is 42.2 Å². The summed E-state index contributed by atoms with van der Waals surface area (Å²) in [6.45, 7) is 2.92. The van der Waals surface area contributed by atoms with Crippen LogP contribution in [-0.4, -0.2) is 16.2 Å². The van der Waals surface area contributed by atoms with Crippen LogP contribution in [0.25, 0.3) is 11.4 Å². The van der Waals surface area contributed by atoms with Crippen molar-refractivity contribution in [2.45, 2.75) is 32.4 Å². The molecule has 1 aliphatic heterocycles. The molecule has 1 aromatic carbocycles. The largest absolute Gasteiger partial charge is 0.359 e. The molecule has 112 valence electrons. The number of thiophene rings is 1. The number of para-hydroxylation sites is 1. The Kier molecular flexibility index (Phi) is 3.42. The van der Waals surface area contributed by atoms with Crippen LogP contribution < -0.4 is 4.90 Å². The Bertz CT molecular complexity index is 766. The minimum atomic E-state index is 0.478. The summed E-state index contributed by atoms with van der Waals surface area (Å²) in [6, 6.07) is 11.1. The highest BCUT2D eigenvalue weighted by atomic mass is 32.1. The smallest absolute Gasteiger partial charge is 0.246 e. The van der Waals surface area contributed by atoms with Crippen LogP contribution in [-0.2, 0) is 13.0 Å². The van der Waals surface area contributed by atoms with Gasteiger partial charge in [-0.2, -0.15) is 16.3 Å². The van der Waals surface area contributed by atoms with Gasteiger partial charge in [0.25, 0.3) is 0 Å². The van der Waals surface area contributed by atoms with Gasteiger partial charge in [-0.1, -0.05) is 23.4 Å². The Hall–Kier alpha value is -2.14. The highest BCUT2D eigenvalue weighted by molar-refractivity contribution is 7.08. The lowest BCUT2D eigenvalue weighted by molar-refractivity contribution is 0.369. The summed E-state index contributed by atoms with van der Waals surface area (Å²) < 4.78 is 5.46. The molecule has 0 radical (unpaired) electrons. The molecule has 3 aromatic rings. The van der Waals surface area contributed by atoms with Crippen molar-refractivity contribution >= 4 is 17.0 Å². The zero-order valence-corrected chi connectivity index (χ0v) is 13.2. The second-order valence-corrected chi connectivity index (χ2v) is 6.45. The Morgan fingerprint density at radius 1 is 1.32 bits per heavy atom. The van der Waals surface area contributed by atoms with E-state index in [4.69, 9.17) is 4.52 Å². The molecular formula is C17H17N3OS. The van der Waals surface area contributed by atoms with Crippen molar-refractivity contribution in [2.75, 3.05) is 4.90 Å². The number of hydrogen-bond acceptors (Lipinski definition) is 5. The summed E-state index contributed by atoms with van der Waals surface area (Å²) in [5, 5.41) is 8.16. The van der Waals surface area contributed by atoms with Crippen molar-refractivity contribution in [3.05, 3.63) is 52.5 Å². The first-order chi connectivity index (χ1) is 10.8. The van der Waals surface area contributed by atoms with Crippen LogP contribution in [0.1, 0.15) is 24.8 Å². The Morgan fingerprint density at radius 3 is 3.09 bits per heavy atom. The fourth-order valence-corrected chi connectivity index (χ4v) is 3.61. The average molecular weight is 311 g/mol. The molecule has 0 aliphatic carbocycles. The molecule has 4 rings (SSSR count). The maximum atomic E-state index is 5.46. The Morgan fingerprint density at radius 2 is 2.23 bits per heavy atom. The average Bonchev–Trinajstić information content (AvgIpc) is 3.21. The van der Waals surface area contributed by atoms with Crippen molar-refractivity contribution in [3.63, 3.8) is 0 Å². The lowest BCUT2D eigenvalue weighted by Gasteiger charge is -2.36. The molecule has 0 N–H and O–H groups in total. The van der Waals surface area contributed by atoms with Crippen molar-refractivity contribution in [3.8, 4) is 11.4 Å². The van der Waals surface area contributed by atoms with E-state index in [1.807, 2.05) is 16.8 Å². The lowest BCUT2D eigenvalue weighted by Crippen LogP contribution is -2.36. The second kappa shape index (κ2) is 5.57.